The van der Waals surface area contributed by atoms with Crippen molar-refractivity contribution in [2.24, 2.45) is 0 Å². The van der Waals surface area contributed by atoms with Gasteiger partial charge in [0.2, 0.25) is 0 Å². The van der Waals surface area contributed by atoms with Crippen LogP contribution in [0.25, 0.3) is 0 Å². The number of nitrogens with one attached hydrogen (secondary N) is 1. The minimum absolute atomic E-state index is 0.0171. The first-order valence-electron chi connectivity index (χ1n) is 11.1. The van der Waals surface area contributed by atoms with E-state index in [4.69, 9.17) is 14.2 Å². The molecular weight excluding hydrogens is 518 g/mol. The Morgan fingerprint density at radius 3 is 2.53 bits per heavy atom. The summed E-state index contributed by atoms with van der Waals surface area (Å²) in [7, 11) is 3.15. The fourth-order valence-corrected chi connectivity index (χ4v) is 6.05. The predicted molar refractivity (Wildman–Crippen MR) is 135 cm³/mol. The number of ketones is 1. The fraction of sp³-hybridized carbons (Fsp3) is 0.385. The van der Waals surface area contributed by atoms with Gasteiger partial charge in [0.15, 0.2) is 5.78 Å². The molecule has 0 saturated carbocycles. The number of carbonyl (C=O) groups is 2. The van der Waals surface area contributed by atoms with Crippen molar-refractivity contribution < 1.29 is 23.8 Å². The second-order valence-corrected chi connectivity index (χ2v) is 10.5. The molecule has 8 heteroatoms. The van der Waals surface area contributed by atoms with Crippen LogP contribution >= 0.6 is 27.3 Å². The zero-order valence-electron chi connectivity index (χ0n) is 19.9. The molecule has 1 aromatic carbocycles. The highest BCUT2D eigenvalue weighted by Crippen LogP contribution is 2.49. The third-order valence-corrected chi connectivity index (χ3v) is 7.81. The van der Waals surface area contributed by atoms with Crippen LogP contribution in [0.1, 0.15) is 55.9 Å². The first-order chi connectivity index (χ1) is 16.2. The maximum absolute atomic E-state index is 13.7. The van der Waals surface area contributed by atoms with Gasteiger partial charge in [0, 0.05) is 39.7 Å². The molecule has 1 aliphatic heterocycles. The Kier molecular flexibility index (Phi) is 7.19. The number of hydrogen-bond acceptors (Lipinski definition) is 7. The summed E-state index contributed by atoms with van der Waals surface area (Å²) in [6, 6.07) is 7.72. The SMILES string of the molecule is COc1cc(C2C(C(=O)OC(C)C)=C(C)NC3=C2C(=O)CC(c2cccs2)C3)c(OC)cc1Br. The largest absolute Gasteiger partial charge is 0.496 e. The van der Waals surface area contributed by atoms with Crippen molar-refractivity contribution in [3.63, 3.8) is 0 Å². The van der Waals surface area contributed by atoms with E-state index in [1.165, 1.54) is 4.88 Å². The maximum atomic E-state index is 13.7. The lowest BCUT2D eigenvalue weighted by Gasteiger charge is -2.37. The molecule has 1 N–H and O–H groups in total. The highest BCUT2D eigenvalue weighted by atomic mass is 79.9. The number of rotatable bonds is 6. The van der Waals surface area contributed by atoms with Gasteiger partial charge in [0.1, 0.15) is 11.5 Å². The van der Waals surface area contributed by atoms with Crippen molar-refractivity contribution >= 4 is 39.0 Å². The number of esters is 1. The molecule has 0 radical (unpaired) electrons. The molecule has 1 aromatic heterocycles. The first kappa shape index (κ1) is 24.5. The molecule has 2 heterocycles. The van der Waals surface area contributed by atoms with Gasteiger partial charge in [-0.15, -0.1) is 11.3 Å². The van der Waals surface area contributed by atoms with Gasteiger partial charge in [0.25, 0.3) is 0 Å². The summed E-state index contributed by atoms with van der Waals surface area (Å²) in [4.78, 5) is 28.2. The van der Waals surface area contributed by atoms with E-state index in [0.717, 1.165) is 10.2 Å². The van der Waals surface area contributed by atoms with Gasteiger partial charge in [-0.2, -0.15) is 0 Å². The van der Waals surface area contributed by atoms with Crippen LogP contribution < -0.4 is 14.8 Å². The van der Waals surface area contributed by atoms with Crippen LogP contribution in [-0.2, 0) is 14.3 Å². The monoisotopic (exact) mass is 545 g/mol. The Morgan fingerprint density at radius 2 is 1.91 bits per heavy atom. The molecule has 180 valence electrons. The standard InChI is InChI=1S/C26H28BrNO5S/c1-13(2)33-26(30)23-14(3)28-18-9-15(22-7-6-8-34-22)10-19(29)25(18)24(23)16-11-21(32-5)17(27)12-20(16)31-4/h6-8,11-13,15,24,28H,9-10H2,1-5H3. The van der Waals surface area contributed by atoms with Gasteiger partial charge in [-0.25, -0.2) is 4.79 Å². The van der Waals surface area contributed by atoms with Crippen LogP contribution in [0.5, 0.6) is 11.5 Å². The number of methoxy groups -OCH3 is 2. The van der Waals surface area contributed by atoms with Crippen molar-refractivity contribution in [2.75, 3.05) is 14.2 Å². The summed E-state index contributed by atoms with van der Waals surface area (Å²) in [5.74, 6) is 0.193. The Hall–Kier alpha value is -2.58. The average Bonchev–Trinajstić information content (AvgIpc) is 3.32. The number of thiophene rings is 1. The van der Waals surface area contributed by atoms with E-state index >= 15 is 0 Å². The topological polar surface area (TPSA) is 73.9 Å². The molecule has 1 aliphatic carbocycles. The van der Waals surface area contributed by atoms with Crippen molar-refractivity contribution in [1.82, 2.24) is 5.32 Å². The minimum atomic E-state index is -0.628. The van der Waals surface area contributed by atoms with Gasteiger partial charge in [-0.3, -0.25) is 4.79 Å². The lowest BCUT2D eigenvalue weighted by Crippen LogP contribution is -2.36. The van der Waals surface area contributed by atoms with E-state index in [1.54, 1.807) is 31.6 Å². The summed E-state index contributed by atoms with van der Waals surface area (Å²) >= 11 is 5.17. The summed E-state index contributed by atoms with van der Waals surface area (Å²) < 4.78 is 17.6. The molecule has 2 atom stereocenters. The summed E-state index contributed by atoms with van der Waals surface area (Å²) in [5.41, 5.74) is 3.23. The molecule has 4 rings (SSSR count). The normalized spacial score (nSPS) is 20.3. The molecule has 2 unspecified atom stereocenters. The highest BCUT2D eigenvalue weighted by Gasteiger charge is 2.43. The van der Waals surface area contributed by atoms with Crippen LogP contribution in [-0.4, -0.2) is 32.1 Å². The fourth-order valence-electron chi connectivity index (χ4n) is 4.73. The molecule has 2 aromatic rings. The third kappa shape index (κ3) is 4.53. The zero-order chi connectivity index (χ0) is 24.6. The zero-order valence-corrected chi connectivity index (χ0v) is 22.3. The number of ether oxygens (including phenoxy) is 3. The predicted octanol–water partition coefficient (Wildman–Crippen LogP) is 5.84. The van der Waals surface area contributed by atoms with E-state index in [0.29, 0.717) is 46.7 Å². The number of dihydropyridines is 1. The summed E-state index contributed by atoms with van der Waals surface area (Å²) in [6.45, 7) is 5.48. The van der Waals surface area contributed by atoms with E-state index in [1.807, 2.05) is 38.3 Å². The average molecular weight is 546 g/mol. The lowest BCUT2D eigenvalue weighted by molar-refractivity contribution is -0.143. The van der Waals surface area contributed by atoms with E-state index in [2.05, 4.69) is 27.3 Å². The molecule has 0 spiro atoms. The summed E-state index contributed by atoms with van der Waals surface area (Å²) in [5, 5.41) is 5.42. The number of carbonyl (C=O) groups excluding carboxylic acids is 2. The van der Waals surface area contributed by atoms with Crippen molar-refractivity contribution in [2.45, 2.75) is 51.6 Å². The number of allylic oxidation sites excluding steroid dienone is 3. The molecule has 2 aliphatic rings. The Balaban J connectivity index is 1.90. The van der Waals surface area contributed by atoms with Crippen LogP contribution in [0.4, 0.5) is 0 Å². The van der Waals surface area contributed by atoms with E-state index in [9.17, 15) is 9.59 Å². The van der Waals surface area contributed by atoms with Gasteiger partial charge in [0.05, 0.1) is 36.3 Å². The van der Waals surface area contributed by atoms with Gasteiger partial charge >= 0.3 is 5.97 Å². The van der Waals surface area contributed by atoms with E-state index in [-0.39, 0.29) is 17.8 Å². The smallest absolute Gasteiger partial charge is 0.337 e. The second-order valence-electron chi connectivity index (χ2n) is 8.72. The minimum Gasteiger partial charge on any atom is -0.496 e. The molecule has 0 fully saturated rings. The Morgan fingerprint density at radius 1 is 1.18 bits per heavy atom. The lowest BCUT2D eigenvalue weighted by atomic mass is 9.72. The number of halogens is 1. The van der Waals surface area contributed by atoms with Crippen molar-refractivity contribution in [3.8, 4) is 11.5 Å². The van der Waals surface area contributed by atoms with Gasteiger partial charge < -0.3 is 19.5 Å². The van der Waals surface area contributed by atoms with Crippen LogP contribution in [0.2, 0.25) is 0 Å². The third-order valence-electron chi connectivity index (χ3n) is 6.15. The molecule has 0 saturated heterocycles. The quantitative estimate of drug-likeness (QED) is 0.459. The second kappa shape index (κ2) is 9.96. The Labute approximate surface area is 212 Å². The first-order valence-corrected chi connectivity index (χ1v) is 12.8. The van der Waals surface area contributed by atoms with Crippen LogP contribution in [0.3, 0.4) is 0 Å². The maximum Gasteiger partial charge on any atom is 0.337 e. The van der Waals surface area contributed by atoms with Crippen LogP contribution in [0, 0.1) is 0 Å². The van der Waals surface area contributed by atoms with Crippen molar-refractivity contribution in [3.05, 3.63) is 67.1 Å². The van der Waals surface area contributed by atoms with Crippen LogP contribution in [0.15, 0.2) is 56.7 Å². The molecular formula is C26H28BrNO5S. The Bertz CT molecular complexity index is 1180. The number of Topliss-reactive ketones (excluding diaryl/α,β-unsaturated/α-hetero) is 1. The number of benzene rings is 1. The molecule has 34 heavy (non-hydrogen) atoms. The van der Waals surface area contributed by atoms with E-state index < -0.39 is 11.9 Å². The van der Waals surface area contributed by atoms with Crippen molar-refractivity contribution in [1.29, 1.82) is 0 Å². The number of hydrogen-bond donors (Lipinski definition) is 1. The molecule has 0 bridgehead atoms. The van der Waals surface area contributed by atoms with Gasteiger partial charge in [-0.1, -0.05) is 6.07 Å². The summed E-state index contributed by atoms with van der Waals surface area (Å²) in [6.07, 6.45) is 0.784. The highest BCUT2D eigenvalue weighted by molar-refractivity contribution is 9.10. The van der Waals surface area contributed by atoms with Gasteiger partial charge in [-0.05, 0) is 66.7 Å². The molecule has 0 amide bonds. The molecule has 6 nitrogen and oxygen atoms in total.